The Bertz CT molecular complexity index is 574. The van der Waals surface area contributed by atoms with Gasteiger partial charge >= 0.3 is 5.97 Å². The summed E-state index contributed by atoms with van der Waals surface area (Å²) in [7, 11) is 1.82. The predicted octanol–water partition coefficient (Wildman–Crippen LogP) is 1.24. The highest BCUT2D eigenvalue weighted by molar-refractivity contribution is 5.83. The maximum Gasteiger partial charge on any atom is 0.328 e. The van der Waals surface area contributed by atoms with Crippen LogP contribution in [-0.4, -0.2) is 31.1 Å². The van der Waals surface area contributed by atoms with E-state index in [2.05, 4.69) is 15.3 Å². The van der Waals surface area contributed by atoms with E-state index in [1.165, 1.54) is 0 Å². The van der Waals surface area contributed by atoms with E-state index in [0.717, 1.165) is 11.0 Å². The lowest BCUT2D eigenvalue weighted by Crippen LogP contribution is -2.40. The first-order valence-corrected chi connectivity index (χ1v) is 5.20. The minimum Gasteiger partial charge on any atom is -0.480 e. The second kappa shape index (κ2) is 3.73. The molecule has 0 aliphatic carbocycles. The number of hydrogen-bond donors (Lipinski definition) is 2. The first kappa shape index (κ1) is 11.4. The normalized spacial score (nSPS) is 11.7. The Morgan fingerprint density at radius 1 is 1.53 bits per heavy atom. The quantitative estimate of drug-likeness (QED) is 0.835. The zero-order valence-electron chi connectivity index (χ0n) is 9.93. The standard InChI is InChI=1S/C11H14N4O2/c1-11(2,9(16)17)14-10-13-7-4-5-12-6-8(7)15(10)3/h4-6H,1-3H3,(H,13,14)(H,16,17). The molecule has 6 heteroatoms. The molecule has 0 amide bonds. The fourth-order valence-corrected chi connectivity index (χ4v) is 1.48. The van der Waals surface area contributed by atoms with Gasteiger partial charge in [-0.2, -0.15) is 0 Å². The summed E-state index contributed by atoms with van der Waals surface area (Å²) in [5, 5.41) is 12.0. The van der Waals surface area contributed by atoms with E-state index in [-0.39, 0.29) is 0 Å². The van der Waals surface area contributed by atoms with Crippen LogP contribution in [0.25, 0.3) is 11.0 Å². The Morgan fingerprint density at radius 3 is 2.82 bits per heavy atom. The molecule has 90 valence electrons. The highest BCUT2D eigenvalue weighted by Gasteiger charge is 2.28. The third-order valence-corrected chi connectivity index (χ3v) is 2.64. The molecule has 17 heavy (non-hydrogen) atoms. The molecule has 2 aromatic rings. The van der Waals surface area contributed by atoms with Crippen LogP contribution in [0.5, 0.6) is 0 Å². The number of nitrogens with zero attached hydrogens (tertiary/aromatic N) is 3. The number of fused-ring (bicyclic) bond motifs is 1. The van der Waals surface area contributed by atoms with Gasteiger partial charge in [0.15, 0.2) is 0 Å². The molecule has 2 aromatic heterocycles. The van der Waals surface area contributed by atoms with Crippen molar-refractivity contribution in [3.8, 4) is 0 Å². The van der Waals surface area contributed by atoms with Crippen LogP contribution in [0.3, 0.4) is 0 Å². The smallest absolute Gasteiger partial charge is 0.328 e. The van der Waals surface area contributed by atoms with Crippen LogP contribution in [0, 0.1) is 0 Å². The summed E-state index contributed by atoms with van der Waals surface area (Å²) in [4.78, 5) is 19.4. The fraction of sp³-hybridized carbons (Fsp3) is 0.364. The second-order valence-corrected chi connectivity index (χ2v) is 4.41. The molecule has 0 bridgehead atoms. The van der Waals surface area contributed by atoms with Crippen molar-refractivity contribution >= 4 is 23.0 Å². The number of aliphatic carboxylic acids is 1. The molecule has 0 aliphatic rings. The summed E-state index contributed by atoms with van der Waals surface area (Å²) in [6.45, 7) is 3.18. The molecule has 0 fully saturated rings. The van der Waals surface area contributed by atoms with Gasteiger partial charge in [-0.3, -0.25) is 4.98 Å². The Balaban J connectivity index is 2.43. The van der Waals surface area contributed by atoms with Crippen molar-refractivity contribution in [1.82, 2.24) is 14.5 Å². The summed E-state index contributed by atoms with van der Waals surface area (Å²) in [5.41, 5.74) is 0.574. The average Bonchev–Trinajstić information content (AvgIpc) is 2.56. The summed E-state index contributed by atoms with van der Waals surface area (Å²) in [6, 6.07) is 1.79. The third kappa shape index (κ3) is 1.93. The van der Waals surface area contributed by atoms with E-state index in [9.17, 15) is 4.79 Å². The fourth-order valence-electron chi connectivity index (χ4n) is 1.48. The van der Waals surface area contributed by atoms with E-state index >= 15 is 0 Å². The number of carboxylic acid groups (broad SMARTS) is 1. The number of hydrogen-bond acceptors (Lipinski definition) is 4. The van der Waals surface area contributed by atoms with Gasteiger partial charge in [0.05, 0.1) is 17.2 Å². The molecule has 0 atom stereocenters. The van der Waals surface area contributed by atoms with Crippen molar-refractivity contribution in [1.29, 1.82) is 0 Å². The summed E-state index contributed by atoms with van der Waals surface area (Å²) in [5.74, 6) is -0.414. The van der Waals surface area contributed by atoms with Gasteiger partial charge in [0.1, 0.15) is 5.54 Å². The summed E-state index contributed by atoms with van der Waals surface area (Å²) in [6.07, 6.45) is 3.35. The molecule has 0 aliphatic heterocycles. The molecule has 6 nitrogen and oxygen atoms in total. The van der Waals surface area contributed by atoms with Crippen molar-refractivity contribution in [2.75, 3.05) is 5.32 Å². The van der Waals surface area contributed by atoms with Crippen molar-refractivity contribution in [2.45, 2.75) is 19.4 Å². The van der Waals surface area contributed by atoms with E-state index < -0.39 is 11.5 Å². The second-order valence-electron chi connectivity index (χ2n) is 4.41. The highest BCUT2D eigenvalue weighted by atomic mass is 16.4. The van der Waals surface area contributed by atoms with Gasteiger partial charge in [-0.05, 0) is 19.9 Å². The molecular formula is C11H14N4O2. The molecule has 0 unspecified atom stereocenters. The van der Waals surface area contributed by atoms with E-state index in [4.69, 9.17) is 5.11 Å². The van der Waals surface area contributed by atoms with Crippen molar-refractivity contribution in [3.63, 3.8) is 0 Å². The van der Waals surface area contributed by atoms with Gasteiger partial charge < -0.3 is 15.0 Å². The molecule has 0 spiro atoms. The molecule has 2 rings (SSSR count). The molecule has 0 aromatic carbocycles. The van der Waals surface area contributed by atoms with Gasteiger partial charge in [0, 0.05) is 13.2 Å². The highest BCUT2D eigenvalue weighted by Crippen LogP contribution is 2.19. The van der Waals surface area contributed by atoms with Gasteiger partial charge in [-0.15, -0.1) is 0 Å². The minimum atomic E-state index is -1.07. The summed E-state index contributed by atoms with van der Waals surface area (Å²) < 4.78 is 1.78. The van der Waals surface area contributed by atoms with Crippen molar-refractivity contribution in [3.05, 3.63) is 18.5 Å². The van der Waals surface area contributed by atoms with E-state index in [1.54, 1.807) is 36.9 Å². The number of imidazole rings is 1. The van der Waals surface area contributed by atoms with Crippen LogP contribution in [0.2, 0.25) is 0 Å². The van der Waals surface area contributed by atoms with E-state index in [1.807, 2.05) is 7.05 Å². The zero-order chi connectivity index (χ0) is 12.6. The van der Waals surface area contributed by atoms with Crippen LogP contribution in [0.4, 0.5) is 5.95 Å². The number of carboxylic acids is 1. The number of anilines is 1. The van der Waals surface area contributed by atoms with Crippen LogP contribution < -0.4 is 5.32 Å². The molecule has 2 N–H and O–H groups in total. The number of aromatic nitrogens is 3. The monoisotopic (exact) mass is 234 g/mol. The van der Waals surface area contributed by atoms with Crippen molar-refractivity contribution < 1.29 is 9.90 Å². The van der Waals surface area contributed by atoms with Gasteiger partial charge in [-0.25, -0.2) is 9.78 Å². The number of carbonyl (C=O) groups is 1. The molecule has 2 heterocycles. The molecule has 0 radical (unpaired) electrons. The first-order chi connectivity index (χ1) is 7.92. The maximum absolute atomic E-state index is 11.0. The number of rotatable bonds is 3. The lowest BCUT2D eigenvalue weighted by Gasteiger charge is -2.21. The number of aryl methyl sites for hydroxylation is 1. The predicted molar refractivity (Wildman–Crippen MR) is 63.8 cm³/mol. The Morgan fingerprint density at radius 2 is 2.24 bits per heavy atom. The van der Waals surface area contributed by atoms with Crippen LogP contribution in [0.15, 0.2) is 18.5 Å². The molecular weight excluding hydrogens is 220 g/mol. The topological polar surface area (TPSA) is 80.0 Å². The molecule has 0 saturated carbocycles. The summed E-state index contributed by atoms with van der Waals surface area (Å²) >= 11 is 0. The van der Waals surface area contributed by atoms with E-state index in [0.29, 0.717) is 5.95 Å². The van der Waals surface area contributed by atoms with Crippen LogP contribution >= 0.6 is 0 Å². The minimum absolute atomic E-state index is 0.514. The number of nitrogens with one attached hydrogen (secondary N) is 1. The maximum atomic E-state index is 11.0. The first-order valence-electron chi connectivity index (χ1n) is 5.20. The SMILES string of the molecule is Cn1c(NC(C)(C)C(=O)O)nc2ccncc21. The van der Waals surface area contributed by atoms with Gasteiger partial charge in [-0.1, -0.05) is 0 Å². The zero-order valence-corrected chi connectivity index (χ0v) is 9.93. The van der Waals surface area contributed by atoms with Crippen LogP contribution in [0.1, 0.15) is 13.8 Å². The number of pyridine rings is 1. The average molecular weight is 234 g/mol. The Hall–Kier alpha value is -2.11. The lowest BCUT2D eigenvalue weighted by atomic mass is 10.1. The largest absolute Gasteiger partial charge is 0.480 e. The Kier molecular flexibility index (Phi) is 2.49. The van der Waals surface area contributed by atoms with Gasteiger partial charge in [0.2, 0.25) is 5.95 Å². The van der Waals surface area contributed by atoms with Crippen LogP contribution in [-0.2, 0) is 11.8 Å². The lowest BCUT2D eigenvalue weighted by molar-refractivity contribution is -0.141. The molecule has 0 saturated heterocycles. The third-order valence-electron chi connectivity index (χ3n) is 2.64. The Labute approximate surface area is 98.3 Å². The van der Waals surface area contributed by atoms with Gasteiger partial charge in [0.25, 0.3) is 0 Å². The van der Waals surface area contributed by atoms with Crippen molar-refractivity contribution in [2.24, 2.45) is 7.05 Å².